The number of Topliss-reactive ketones (excluding diaryl/α,β-unsaturated/α-hetero) is 1. The average Bonchev–Trinajstić information content (AvgIpc) is 2.68. The lowest BCUT2D eigenvalue weighted by Crippen LogP contribution is -2.38. The minimum atomic E-state index is -2.18. The monoisotopic (exact) mass is 257 g/mol. The Labute approximate surface area is 114 Å². The summed E-state index contributed by atoms with van der Waals surface area (Å²) in [6.07, 6.45) is 0.278. The summed E-state index contributed by atoms with van der Waals surface area (Å²) in [6, 6.07) is 4.25. The van der Waals surface area contributed by atoms with Crippen LogP contribution in [0.1, 0.15) is 17.3 Å². The van der Waals surface area contributed by atoms with Gasteiger partial charge in [-0.2, -0.15) is 0 Å². The molecule has 1 heterocycles. The van der Waals surface area contributed by atoms with Crippen LogP contribution in [0.4, 0.5) is 0 Å². The first-order valence-electron chi connectivity index (χ1n) is 5.82. The summed E-state index contributed by atoms with van der Waals surface area (Å²) < 4.78 is 9.90. The van der Waals surface area contributed by atoms with Crippen molar-refractivity contribution in [1.82, 2.24) is 4.90 Å². The minimum Gasteiger partial charge on any atom is -0.435 e. The first-order valence-corrected chi connectivity index (χ1v) is 5.82. The van der Waals surface area contributed by atoms with E-state index in [9.17, 15) is 9.90 Å². The molecule has 1 aliphatic heterocycles. The summed E-state index contributed by atoms with van der Waals surface area (Å²) in [7, 11) is 12.5. The Kier molecular flexibility index (Phi) is 3.60. The Balaban J connectivity index is 2.22. The van der Waals surface area contributed by atoms with E-state index in [1.165, 1.54) is 12.1 Å². The van der Waals surface area contributed by atoms with E-state index < -0.39 is 5.87 Å². The van der Waals surface area contributed by atoms with Gasteiger partial charge in [0.2, 0.25) is 7.85 Å². The second-order valence-corrected chi connectivity index (χ2v) is 4.48. The van der Waals surface area contributed by atoms with E-state index in [-0.39, 0.29) is 24.0 Å². The zero-order valence-electron chi connectivity index (χ0n) is 10.8. The number of nitrogens with zero attached hydrogens (tertiary/aromatic N) is 1. The molecule has 2 unspecified atom stereocenters. The molecule has 0 saturated heterocycles. The lowest BCUT2D eigenvalue weighted by Gasteiger charge is -2.22. The number of hydrogen-bond donors (Lipinski definition) is 1. The third kappa shape index (κ3) is 2.77. The topological polar surface area (TPSA) is 59.0 Å². The number of likely N-dealkylation sites (N-methyl/N-ethyl adjacent to an activating group) is 1. The lowest BCUT2D eigenvalue weighted by atomic mass is 10.0. The van der Waals surface area contributed by atoms with Crippen LogP contribution >= 0.6 is 0 Å². The number of ether oxygens (including phenoxy) is 2. The van der Waals surface area contributed by atoms with Crippen LogP contribution in [0.25, 0.3) is 0 Å². The summed E-state index contributed by atoms with van der Waals surface area (Å²) in [5.74, 6) is -1.75. The van der Waals surface area contributed by atoms with Crippen molar-refractivity contribution in [2.75, 3.05) is 13.5 Å². The molecule has 0 fully saturated rings. The maximum absolute atomic E-state index is 12.2. The number of carbonyl (C=O) groups excluding carboxylic acids is 1. The Morgan fingerprint density at radius 3 is 2.74 bits per heavy atom. The molecule has 0 aliphatic carbocycles. The first-order chi connectivity index (χ1) is 8.84. The molecule has 1 aromatic carbocycles. The smallest absolute Gasteiger partial charge is 0.302 e. The van der Waals surface area contributed by atoms with Gasteiger partial charge < -0.3 is 19.5 Å². The van der Waals surface area contributed by atoms with Gasteiger partial charge in [0.25, 0.3) is 0 Å². The van der Waals surface area contributed by atoms with Crippen LogP contribution in [0.5, 0.6) is 11.5 Å². The van der Waals surface area contributed by atoms with Crippen molar-refractivity contribution in [1.29, 1.82) is 0 Å². The van der Waals surface area contributed by atoms with Gasteiger partial charge in [-0.1, -0.05) is 0 Å². The largest absolute Gasteiger partial charge is 0.435 e. The van der Waals surface area contributed by atoms with Crippen molar-refractivity contribution < 1.29 is 19.4 Å². The molecule has 0 spiro atoms. The number of carbonyl (C=O) groups is 1. The summed E-state index contributed by atoms with van der Waals surface area (Å²) in [4.78, 5) is 13.9. The van der Waals surface area contributed by atoms with Gasteiger partial charge in [0, 0.05) is 5.56 Å². The van der Waals surface area contributed by atoms with Crippen molar-refractivity contribution >= 4 is 21.5 Å². The van der Waals surface area contributed by atoms with Crippen LogP contribution in [0.3, 0.4) is 0 Å². The standard InChI is InChI=1S/C12H13B2NO4/c1-7(15(2)6-13)11(16)8-3-4-9-10(5-8)19-12(14,17)18-9/h3-5,7,17H,6H2,1-2H3. The van der Waals surface area contributed by atoms with Crippen LogP contribution in [0.15, 0.2) is 18.2 Å². The lowest BCUT2D eigenvalue weighted by molar-refractivity contribution is -0.178. The zero-order valence-corrected chi connectivity index (χ0v) is 10.8. The second-order valence-electron chi connectivity index (χ2n) is 4.48. The number of fused-ring (bicyclic) bond motifs is 1. The number of ketones is 1. The molecule has 2 atom stereocenters. The van der Waals surface area contributed by atoms with Crippen LogP contribution in [-0.2, 0) is 0 Å². The predicted octanol–water partition coefficient (Wildman–Crippen LogP) is -0.141. The Morgan fingerprint density at radius 2 is 2.11 bits per heavy atom. The van der Waals surface area contributed by atoms with E-state index >= 15 is 0 Å². The van der Waals surface area contributed by atoms with E-state index in [0.717, 1.165) is 0 Å². The Hall–Kier alpha value is -1.46. The normalized spacial score (nSPS) is 22.5. The highest BCUT2D eigenvalue weighted by molar-refractivity contribution is 6.13. The molecule has 19 heavy (non-hydrogen) atoms. The predicted molar refractivity (Wildman–Crippen MR) is 70.6 cm³/mol. The molecule has 0 aromatic heterocycles. The van der Waals surface area contributed by atoms with E-state index in [1.54, 1.807) is 24.9 Å². The second kappa shape index (κ2) is 4.90. The van der Waals surface area contributed by atoms with Gasteiger partial charge >= 0.3 is 5.87 Å². The molecule has 1 aromatic rings. The molecular weight excluding hydrogens is 244 g/mol. The molecular formula is C12H13B2NO4. The summed E-state index contributed by atoms with van der Waals surface area (Å²) in [6.45, 7) is 1.76. The molecule has 7 heteroatoms. The van der Waals surface area contributed by atoms with Gasteiger partial charge in [-0.05, 0) is 38.6 Å². The van der Waals surface area contributed by atoms with Crippen LogP contribution in [0.2, 0.25) is 0 Å². The van der Waals surface area contributed by atoms with Crippen LogP contribution < -0.4 is 9.47 Å². The average molecular weight is 257 g/mol. The fraction of sp³-hybridized carbons (Fsp3) is 0.417. The van der Waals surface area contributed by atoms with Gasteiger partial charge in [-0.15, -0.1) is 0 Å². The maximum atomic E-state index is 12.2. The number of benzene rings is 1. The molecule has 5 nitrogen and oxygen atoms in total. The molecule has 0 bridgehead atoms. The molecule has 0 amide bonds. The van der Waals surface area contributed by atoms with Gasteiger partial charge in [0.15, 0.2) is 17.3 Å². The highest BCUT2D eigenvalue weighted by Crippen LogP contribution is 2.37. The fourth-order valence-electron chi connectivity index (χ4n) is 1.76. The highest BCUT2D eigenvalue weighted by atomic mass is 16.8. The van der Waals surface area contributed by atoms with Gasteiger partial charge in [0.1, 0.15) is 0 Å². The third-order valence-electron chi connectivity index (χ3n) is 3.07. The highest BCUT2D eigenvalue weighted by Gasteiger charge is 2.34. The first kappa shape index (κ1) is 14.0. The van der Waals surface area contributed by atoms with Crippen LogP contribution in [-0.4, -0.2) is 56.9 Å². The Morgan fingerprint density at radius 1 is 1.47 bits per heavy atom. The SMILES string of the molecule is [B]CN(C)C(C)C(=O)c1ccc2c(c1)OC([B])(O)O2. The van der Waals surface area contributed by atoms with E-state index in [2.05, 4.69) is 0 Å². The summed E-state index contributed by atoms with van der Waals surface area (Å²) in [5, 5.41) is 9.40. The van der Waals surface area contributed by atoms with Crippen molar-refractivity contribution in [3.05, 3.63) is 23.8 Å². The molecule has 4 radical (unpaired) electrons. The van der Waals surface area contributed by atoms with E-state index in [1.807, 2.05) is 0 Å². The van der Waals surface area contributed by atoms with Gasteiger partial charge in [-0.25, -0.2) is 0 Å². The Bertz CT molecular complexity index is 507. The van der Waals surface area contributed by atoms with E-state index in [4.69, 9.17) is 25.2 Å². The molecule has 96 valence electrons. The number of aliphatic hydroxyl groups is 1. The van der Waals surface area contributed by atoms with E-state index in [0.29, 0.717) is 11.3 Å². The summed E-state index contributed by atoms with van der Waals surface area (Å²) >= 11 is 0. The van der Waals surface area contributed by atoms with Crippen molar-refractivity contribution in [2.45, 2.75) is 18.8 Å². The quantitative estimate of drug-likeness (QED) is 0.600. The molecule has 0 saturated carbocycles. The summed E-state index contributed by atoms with van der Waals surface area (Å²) in [5.41, 5.74) is 0.438. The van der Waals surface area contributed by atoms with Crippen molar-refractivity contribution in [2.24, 2.45) is 0 Å². The number of hydrogen-bond acceptors (Lipinski definition) is 5. The van der Waals surface area contributed by atoms with Crippen molar-refractivity contribution in [3.8, 4) is 11.5 Å². The van der Waals surface area contributed by atoms with Crippen LogP contribution in [0, 0.1) is 0 Å². The minimum absolute atomic E-state index is 0.105. The maximum Gasteiger partial charge on any atom is 0.302 e. The third-order valence-corrected chi connectivity index (χ3v) is 3.07. The van der Waals surface area contributed by atoms with Gasteiger partial charge in [0.05, 0.1) is 13.9 Å². The molecule has 1 N–H and O–H groups in total. The van der Waals surface area contributed by atoms with Crippen molar-refractivity contribution in [3.63, 3.8) is 0 Å². The molecule has 2 rings (SSSR count). The molecule has 1 aliphatic rings. The number of rotatable bonds is 4. The fourth-order valence-corrected chi connectivity index (χ4v) is 1.76. The van der Waals surface area contributed by atoms with Gasteiger partial charge in [-0.3, -0.25) is 4.79 Å². The zero-order chi connectivity index (χ0) is 14.2.